The lowest BCUT2D eigenvalue weighted by atomic mass is 10.3. The molecule has 0 amide bonds. The lowest BCUT2D eigenvalue weighted by molar-refractivity contribution is -0.274. The van der Waals surface area contributed by atoms with Gasteiger partial charge in [0.15, 0.2) is 0 Å². The van der Waals surface area contributed by atoms with Crippen molar-refractivity contribution in [2.75, 3.05) is 13.2 Å². The quantitative estimate of drug-likeness (QED) is 0.843. The van der Waals surface area contributed by atoms with Crippen LogP contribution in [0.3, 0.4) is 0 Å². The molecule has 0 heterocycles. The number of nitrogens with two attached hydrogens (primary N) is 1. The molecule has 0 spiro atoms. The standard InChI is InChI=1S/C15H13ClF3NO3/c16-13-9-11(4-5-14(13)21-7-6-20)22-10-2-1-3-12(8-10)23-15(17,18)19/h1-5,8-9H,6-7,20H2. The molecule has 0 aliphatic heterocycles. The number of ether oxygens (including phenoxy) is 3. The van der Waals surface area contributed by atoms with E-state index < -0.39 is 6.36 Å². The normalized spacial score (nSPS) is 11.2. The van der Waals surface area contributed by atoms with E-state index in [0.29, 0.717) is 29.7 Å². The first-order valence-electron chi connectivity index (χ1n) is 6.53. The van der Waals surface area contributed by atoms with E-state index in [0.717, 1.165) is 6.07 Å². The summed E-state index contributed by atoms with van der Waals surface area (Å²) in [5.74, 6) is 0.598. The minimum Gasteiger partial charge on any atom is -0.491 e. The third-order valence-corrected chi connectivity index (χ3v) is 2.85. The maximum atomic E-state index is 12.2. The second-order valence-corrected chi connectivity index (χ2v) is 4.76. The number of alkyl halides is 3. The summed E-state index contributed by atoms with van der Waals surface area (Å²) >= 11 is 6.03. The largest absolute Gasteiger partial charge is 0.573 e. The Bertz CT molecular complexity index is 665. The van der Waals surface area contributed by atoms with Crippen molar-refractivity contribution in [2.24, 2.45) is 5.73 Å². The average molecular weight is 348 g/mol. The van der Waals surface area contributed by atoms with Crippen molar-refractivity contribution in [3.8, 4) is 23.0 Å². The maximum absolute atomic E-state index is 12.2. The highest BCUT2D eigenvalue weighted by atomic mass is 35.5. The fourth-order valence-electron chi connectivity index (χ4n) is 1.70. The Labute approximate surface area is 135 Å². The van der Waals surface area contributed by atoms with Gasteiger partial charge in [0, 0.05) is 18.7 Å². The van der Waals surface area contributed by atoms with Gasteiger partial charge in [-0.15, -0.1) is 13.2 Å². The number of rotatable bonds is 6. The van der Waals surface area contributed by atoms with Crippen LogP contribution < -0.4 is 19.9 Å². The van der Waals surface area contributed by atoms with Crippen molar-refractivity contribution in [1.29, 1.82) is 0 Å². The molecule has 4 nitrogen and oxygen atoms in total. The molecule has 0 unspecified atom stereocenters. The van der Waals surface area contributed by atoms with Crippen molar-refractivity contribution >= 4 is 11.6 Å². The predicted octanol–water partition coefficient (Wildman–Crippen LogP) is 4.37. The lowest BCUT2D eigenvalue weighted by Crippen LogP contribution is -2.17. The van der Waals surface area contributed by atoms with Crippen LogP contribution in [0.5, 0.6) is 23.0 Å². The average Bonchev–Trinajstić information content (AvgIpc) is 2.45. The molecule has 0 radical (unpaired) electrons. The fourth-order valence-corrected chi connectivity index (χ4v) is 1.93. The number of hydrogen-bond acceptors (Lipinski definition) is 4. The van der Waals surface area contributed by atoms with Crippen molar-refractivity contribution < 1.29 is 27.4 Å². The van der Waals surface area contributed by atoms with Gasteiger partial charge in [0.2, 0.25) is 0 Å². The molecule has 8 heteroatoms. The zero-order chi connectivity index (χ0) is 16.9. The van der Waals surface area contributed by atoms with Crippen LogP contribution in [0.1, 0.15) is 0 Å². The Morgan fingerprint density at radius 3 is 2.35 bits per heavy atom. The molecule has 0 bridgehead atoms. The van der Waals surface area contributed by atoms with Crippen LogP contribution in [-0.4, -0.2) is 19.5 Å². The fraction of sp³-hybridized carbons (Fsp3) is 0.200. The summed E-state index contributed by atoms with van der Waals surface area (Å²) < 4.78 is 51.2. The van der Waals surface area contributed by atoms with E-state index in [2.05, 4.69) is 4.74 Å². The molecule has 0 atom stereocenters. The summed E-state index contributed by atoms with van der Waals surface area (Å²) in [6.45, 7) is 0.664. The number of halogens is 4. The highest BCUT2D eigenvalue weighted by Crippen LogP contribution is 2.33. The molecule has 23 heavy (non-hydrogen) atoms. The van der Waals surface area contributed by atoms with Gasteiger partial charge in [-0.05, 0) is 24.3 Å². The monoisotopic (exact) mass is 347 g/mol. The molecule has 2 aromatic carbocycles. The topological polar surface area (TPSA) is 53.7 Å². The molecule has 0 saturated heterocycles. The first-order valence-corrected chi connectivity index (χ1v) is 6.91. The van der Waals surface area contributed by atoms with Gasteiger partial charge < -0.3 is 19.9 Å². The van der Waals surface area contributed by atoms with Crippen LogP contribution in [0, 0.1) is 0 Å². The summed E-state index contributed by atoms with van der Waals surface area (Å²) in [4.78, 5) is 0. The van der Waals surface area contributed by atoms with Crippen molar-refractivity contribution in [1.82, 2.24) is 0 Å². The Kier molecular flexibility index (Phi) is 5.57. The molecule has 0 aliphatic carbocycles. The van der Waals surface area contributed by atoms with E-state index >= 15 is 0 Å². The van der Waals surface area contributed by atoms with Gasteiger partial charge in [0.25, 0.3) is 0 Å². The summed E-state index contributed by atoms with van der Waals surface area (Å²) in [5, 5.41) is 0.304. The van der Waals surface area contributed by atoms with Crippen LogP contribution in [0.4, 0.5) is 13.2 Å². The van der Waals surface area contributed by atoms with Gasteiger partial charge in [0.1, 0.15) is 29.6 Å². The lowest BCUT2D eigenvalue weighted by Gasteiger charge is -2.12. The molecule has 124 valence electrons. The number of hydrogen-bond donors (Lipinski definition) is 1. The third-order valence-electron chi connectivity index (χ3n) is 2.55. The molecule has 0 aliphatic rings. The summed E-state index contributed by atoms with van der Waals surface area (Å²) in [6.07, 6.45) is -4.76. The molecular weight excluding hydrogens is 335 g/mol. The zero-order valence-corrected chi connectivity index (χ0v) is 12.5. The molecule has 2 rings (SSSR count). The first kappa shape index (κ1) is 17.2. The second-order valence-electron chi connectivity index (χ2n) is 4.35. The minimum absolute atomic E-state index is 0.179. The van der Waals surface area contributed by atoms with E-state index in [9.17, 15) is 13.2 Å². The van der Waals surface area contributed by atoms with Crippen LogP contribution in [0.15, 0.2) is 42.5 Å². The van der Waals surface area contributed by atoms with E-state index in [1.54, 1.807) is 12.1 Å². The van der Waals surface area contributed by atoms with Crippen molar-refractivity contribution in [3.63, 3.8) is 0 Å². The third kappa shape index (κ3) is 5.54. The molecule has 2 aromatic rings. The van der Waals surface area contributed by atoms with Crippen LogP contribution in [0.25, 0.3) is 0 Å². The second kappa shape index (κ2) is 7.43. The smallest absolute Gasteiger partial charge is 0.491 e. The minimum atomic E-state index is -4.76. The molecule has 0 aromatic heterocycles. The molecule has 2 N–H and O–H groups in total. The summed E-state index contributed by atoms with van der Waals surface area (Å²) in [7, 11) is 0. The van der Waals surface area contributed by atoms with Gasteiger partial charge in [0.05, 0.1) is 5.02 Å². The van der Waals surface area contributed by atoms with E-state index in [1.807, 2.05) is 0 Å². The highest BCUT2D eigenvalue weighted by Gasteiger charge is 2.31. The Morgan fingerprint density at radius 2 is 1.70 bits per heavy atom. The summed E-state index contributed by atoms with van der Waals surface area (Å²) in [5.41, 5.74) is 5.33. The van der Waals surface area contributed by atoms with Crippen molar-refractivity contribution in [2.45, 2.75) is 6.36 Å². The Morgan fingerprint density at radius 1 is 1.00 bits per heavy atom. The maximum Gasteiger partial charge on any atom is 0.573 e. The highest BCUT2D eigenvalue weighted by molar-refractivity contribution is 6.32. The molecule has 0 fully saturated rings. The SMILES string of the molecule is NCCOc1ccc(Oc2cccc(OC(F)(F)F)c2)cc1Cl. The summed E-state index contributed by atoms with van der Waals surface area (Å²) in [6, 6.07) is 9.84. The molecule has 0 saturated carbocycles. The Hall–Kier alpha value is -2.12. The first-order chi connectivity index (χ1) is 10.9. The van der Waals surface area contributed by atoms with E-state index in [1.165, 1.54) is 24.3 Å². The van der Waals surface area contributed by atoms with Crippen molar-refractivity contribution in [3.05, 3.63) is 47.5 Å². The van der Waals surface area contributed by atoms with Gasteiger partial charge in [-0.3, -0.25) is 0 Å². The van der Waals surface area contributed by atoms with Gasteiger partial charge in [-0.1, -0.05) is 17.7 Å². The van der Waals surface area contributed by atoms with E-state index in [-0.39, 0.29) is 11.5 Å². The van der Waals surface area contributed by atoms with Gasteiger partial charge in [-0.2, -0.15) is 0 Å². The van der Waals surface area contributed by atoms with Crippen LogP contribution in [0.2, 0.25) is 5.02 Å². The Balaban J connectivity index is 2.10. The molecular formula is C15H13ClF3NO3. The predicted molar refractivity (Wildman–Crippen MR) is 79.2 cm³/mol. The van der Waals surface area contributed by atoms with Crippen LogP contribution >= 0.6 is 11.6 Å². The van der Waals surface area contributed by atoms with Gasteiger partial charge >= 0.3 is 6.36 Å². The zero-order valence-electron chi connectivity index (χ0n) is 11.8. The number of benzene rings is 2. The van der Waals surface area contributed by atoms with E-state index in [4.69, 9.17) is 26.8 Å². The van der Waals surface area contributed by atoms with Gasteiger partial charge in [-0.25, -0.2) is 0 Å². The van der Waals surface area contributed by atoms with Crippen LogP contribution in [-0.2, 0) is 0 Å².